The number of nitrogens with zero attached hydrogens (tertiary/aromatic N) is 1. The van der Waals surface area contributed by atoms with Crippen molar-refractivity contribution in [3.63, 3.8) is 0 Å². The van der Waals surface area contributed by atoms with Crippen LogP contribution >= 0.6 is 0 Å². The summed E-state index contributed by atoms with van der Waals surface area (Å²) in [6.45, 7) is 6.05. The average Bonchev–Trinajstić information content (AvgIpc) is 2.42. The highest BCUT2D eigenvalue weighted by atomic mass is 19.1. The van der Waals surface area contributed by atoms with Gasteiger partial charge in [0.15, 0.2) is 0 Å². The minimum atomic E-state index is -0.589. The molecule has 0 spiro atoms. The second kappa shape index (κ2) is 8.29. The molecule has 114 valence electrons. The first-order valence-corrected chi connectivity index (χ1v) is 6.93. The molecule has 1 aromatic carbocycles. The third kappa shape index (κ3) is 4.81. The molecule has 0 amide bonds. The van der Waals surface area contributed by atoms with Crippen LogP contribution in [-0.2, 0) is 4.74 Å². The molecule has 0 bridgehead atoms. The molecule has 2 unspecified atom stereocenters. The lowest BCUT2D eigenvalue weighted by Gasteiger charge is -2.30. The van der Waals surface area contributed by atoms with Crippen molar-refractivity contribution in [2.75, 3.05) is 26.8 Å². The summed E-state index contributed by atoms with van der Waals surface area (Å²) in [5.74, 6) is -1.18. The maximum Gasteiger partial charge on any atom is 0.130 e. The summed E-state index contributed by atoms with van der Waals surface area (Å²) in [5, 5.41) is 0. The quantitative estimate of drug-likeness (QED) is 0.798. The molecular weight excluding hydrogens is 262 g/mol. The van der Waals surface area contributed by atoms with Crippen molar-refractivity contribution < 1.29 is 13.5 Å². The van der Waals surface area contributed by atoms with Gasteiger partial charge in [-0.1, -0.05) is 13.0 Å². The maximum atomic E-state index is 13.7. The smallest absolute Gasteiger partial charge is 0.130 e. The van der Waals surface area contributed by atoms with E-state index in [0.29, 0.717) is 24.8 Å². The first-order chi connectivity index (χ1) is 9.49. The van der Waals surface area contributed by atoms with Crippen molar-refractivity contribution in [2.24, 2.45) is 5.73 Å². The highest BCUT2D eigenvalue weighted by Gasteiger charge is 2.19. The molecule has 1 aromatic rings. The van der Waals surface area contributed by atoms with E-state index in [1.807, 2.05) is 0 Å². The summed E-state index contributed by atoms with van der Waals surface area (Å²) in [7, 11) is 1.65. The highest BCUT2D eigenvalue weighted by Crippen LogP contribution is 2.18. The minimum Gasteiger partial charge on any atom is -0.383 e. The molecule has 0 aromatic heterocycles. The van der Waals surface area contributed by atoms with Crippen LogP contribution in [0.25, 0.3) is 0 Å². The number of methoxy groups -OCH3 is 1. The second-order valence-corrected chi connectivity index (χ2v) is 5.02. The summed E-state index contributed by atoms with van der Waals surface area (Å²) in [4.78, 5) is 2.16. The van der Waals surface area contributed by atoms with Gasteiger partial charge in [-0.3, -0.25) is 4.90 Å². The van der Waals surface area contributed by atoms with E-state index in [2.05, 4.69) is 18.7 Å². The van der Waals surface area contributed by atoms with Crippen LogP contribution in [0.4, 0.5) is 8.78 Å². The Bertz CT molecular complexity index is 415. The second-order valence-electron chi connectivity index (χ2n) is 5.02. The van der Waals surface area contributed by atoms with Gasteiger partial charge in [0.1, 0.15) is 11.6 Å². The van der Waals surface area contributed by atoms with E-state index in [1.165, 1.54) is 12.1 Å². The molecule has 0 heterocycles. The lowest BCUT2D eigenvalue weighted by atomic mass is 10.1. The average molecular weight is 286 g/mol. The summed E-state index contributed by atoms with van der Waals surface area (Å²) in [5.41, 5.74) is 6.41. The van der Waals surface area contributed by atoms with Crippen molar-refractivity contribution in [2.45, 2.75) is 32.4 Å². The molecule has 3 nitrogen and oxygen atoms in total. The van der Waals surface area contributed by atoms with Crippen LogP contribution in [0.5, 0.6) is 0 Å². The Morgan fingerprint density at radius 1 is 1.35 bits per heavy atom. The fourth-order valence-electron chi connectivity index (χ4n) is 2.11. The van der Waals surface area contributed by atoms with Crippen LogP contribution in [0.15, 0.2) is 18.2 Å². The Hall–Kier alpha value is -1.04. The van der Waals surface area contributed by atoms with Gasteiger partial charge in [0.2, 0.25) is 0 Å². The summed E-state index contributed by atoms with van der Waals surface area (Å²) < 4.78 is 31.7. The fraction of sp³-hybridized carbons (Fsp3) is 0.600. The number of benzene rings is 1. The normalized spacial score (nSPS) is 14.6. The van der Waals surface area contributed by atoms with Crippen molar-refractivity contribution >= 4 is 0 Å². The van der Waals surface area contributed by atoms with E-state index in [1.54, 1.807) is 7.11 Å². The summed E-state index contributed by atoms with van der Waals surface area (Å²) in [6, 6.07) is 3.38. The lowest BCUT2D eigenvalue weighted by Crippen LogP contribution is -2.40. The number of halogens is 2. The SMILES string of the molecule is CCC(C)N(CCOC)CC(N)c1ccc(F)cc1F. The van der Waals surface area contributed by atoms with E-state index in [9.17, 15) is 8.78 Å². The molecule has 1 rings (SSSR count). The van der Waals surface area contributed by atoms with Gasteiger partial charge in [-0.25, -0.2) is 8.78 Å². The molecule has 2 atom stereocenters. The fourth-order valence-corrected chi connectivity index (χ4v) is 2.11. The Labute approximate surface area is 119 Å². The third-order valence-electron chi connectivity index (χ3n) is 3.59. The molecule has 0 aliphatic heterocycles. The predicted molar refractivity (Wildman–Crippen MR) is 76.5 cm³/mol. The Balaban J connectivity index is 2.75. The van der Waals surface area contributed by atoms with E-state index >= 15 is 0 Å². The summed E-state index contributed by atoms with van der Waals surface area (Å²) in [6.07, 6.45) is 0.975. The van der Waals surface area contributed by atoms with Crippen molar-refractivity contribution in [3.05, 3.63) is 35.4 Å². The number of hydrogen-bond donors (Lipinski definition) is 1. The molecule has 5 heteroatoms. The van der Waals surface area contributed by atoms with Gasteiger partial charge in [0.05, 0.1) is 6.61 Å². The van der Waals surface area contributed by atoms with Crippen LogP contribution in [0.2, 0.25) is 0 Å². The van der Waals surface area contributed by atoms with Gasteiger partial charge in [0, 0.05) is 43.9 Å². The predicted octanol–water partition coefficient (Wildman–Crippen LogP) is 2.71. The maximum absolute atomic E-state index is 13.7. The van der Waals surface area contributed by atoms with Crippen LogP contribution < -0.4 is 5.73 Å². The largest absolute Gasteiger partial charge is 0.383 e. The number of rotatable bonds is 8. The third-order valence-corrected chi connectivity index (χ3v) is 3.59. The van der Waals surface area contributed by atoms with Crippen molar-refractivity contribution in [3.8, 4) is 0 Å². The van der Waals surface area contributed by atoms with Crippen LogP contribution in [0.1, 0.15) is 31.9 Å². The van der Waals surface area contributed by atoms with Gasteiger partial charge in [-0.15, -0.1) is 0 Å². The van der Waals surface area contributed by atoms with E-state index < -0.39 is 17.7 Å². The van der Waals surface area contributed by atoms with Crippen molar-refractivity contribution in [1.29, 1.82) is 0 Å². The topological polar surface area (TPSA) is 38.5 Å². The zero-order chi connectivity index (χ0) is 15.1. The molecule has 0 saturated carbocycles. The van der Waals surface area contributed by atoms with Crippen molar-refractivity contribution in [1.82, 2.24) is 4.90 Å². The zero-order valence-corrected chi connectivity index (χ0v) is 12.4. The molecule has 0 fully saturated rings. The van der Waals surface area contributed by atoms with E-state index in [-0.39, 0.29) is 0 Å². The van der Waals surface area contributed by atoms with E-state index in [0.717, 1.165) is 19.0 Å². The van der Waals surface area contributed by atoms with Crippen LogP contribution in [0.3, 0.4) is 0 Å². The molecule has 20 heavy (non-hydrogen) atoms. The van der Waals surface area contributed by atoms with Crippen LogP contribution in [0, 0.1) is 11.6 Å². The Morgan fingerprint density at radius 2 is 2.05 bits per heavy atom. The first kappa shape index (κ1) is 17.0. The monoisotopic (exact) mass is 286 g/mol. The van der Waals surface area contributed by atoms with Gasteiger partial charge in [-0.2, -0.15) is 0 Å². The molecule has 0 radical (unpaired) electrons. The number of hydrogen-bond acceptors (Lipinski definition) is 3. The molecule has 0 aliphatic rings. The van der Waals surface area contributed by atoms with Gasteiger partial charge < -0.3 is 10.5 Å². The molecular formula is C15H24F2N2O. The highest BCUT2D eigenvalue weighted by molar-refractivity contribution is 5.22. The van der Waals surface area contributed by atoms with Crippen LogP contribution in [-0.4, -0.2) is 37.7 Å². The molecule has 2 N–H and O–H groups in total. The number of ether oxygens (including phenoxy) is 1. The Morgan fingerprint density at radius 3 is 2.60 bits per heavy atom. The van der Waals surface area contributed by atoms with Gasteiger partial charge >= 0.3 is 0 Å². The molecule has 0 aliphatic carbocycles. The van der Waals surface area contributed by atoms with Gasteiger partial charge in [0.25, 0.3) is 0 Å². The van der Waals surface area contributed by atoms with E-state index in [4.69, 9.17) is 10.5 Å². The lowest BCUT2D eigenvalue weighted by molar-refractivity contribution is 0.118. The zero-order valence-electron chi connectivity index (χ0n) is 12.4. The first-order valence-electron chi connectivity index (χ1n) is 6.93. The number of nitrogens with two attached hydrogens (primary N) is 1. The standard InChI is InChI=1S/C15H24F2N2O/c1-4-11(2)19(7-8-20-3)10-15(18)13-6-5-12(16)9-14(13)17/h5-6,9,11,15H,4,7-8,10,18H2,1-3H3. The molecule has 0 saturated heterocycles. The van der Waals surface area contributed by atoms with Gasteiger partial charge in [-0.05, 0) is 19.4 Å². The summed E-state index contributed by atoms with van der Waals surface area (Å²) >= 11 is 0. The minimum absolute atomic E-state index is 0.333. The Kier molecular flexibility index (Phi) is 7.05.